The number of hydrogen-bond acceptors (Lipinski definition) is 2. The van der Waals surface area contributed by atoms with Gasteiger partial charge in [0.25, 0.3) is 0 Å². The van der Waals surface area contributed by atoms with Crippen LogP contribution in [0.3, 0.4) is 0 Å². The lowest BCUT2D eigenvalue weighted by atomic mass is 10.0. The van der Waals surface area contributed by atoms with E-state index in [4.69, 9.17) is 11.6 Å². The second-order valence-corrected chi connectivity index (χ2v) is 4.48. The molecule has 94 valence electrons. The Balaban J connectivity index is 2.80. The monoisotopic (exact) mass is 259 g/mol. The molecule has 0 spiro atoms. The van der Waals surface area contributed by atoms with Crippen molar-refractivity contribution in [3.8, 4) is 0 Å². The van der Waals surface area contributed by atoms with Crippen LogP contribution in [0.15, 0.2) is 0 Å². The summed E-state index contributed by atoms with van der Waals surface area (Å²) in [7, 11) is 1.01. The van der Waals surface area contributed by atoms with Crippen molar-refractivity contribution in [3.05, 3.63) is 0 Å². The fourth-order valence-corrected chi connectivity index (χ4v) is 1.87. The molecule has 0 aromatic heterocycles. The van der Waals surface area contributed by atoms with Crippen molar-refractivity contribution in [1.29, 1.82) is 0 Å². The standard InChI is InChI=1S/C9H13ClF3NO2/c1-6(10)7(15)14-4-3-8(5-14,16-2)9(11,12)13/h6H,3-5H2,1-2H3/t6-,8-/m1/s1. The molecule has 0 N–H and O–H groups in total. The maximum Gasteiger partial charge on any atom is 0.419 e. The van der Waals surface area contributed by atoms with Crippen LogP contribution < -0.4 is 0 Å². The van der Waals surface area contributed by atoms with Gasteiger partial charge in [-0.3, -0.25) is 4.79 Å². The molecule has 16 heavy (non-hydrogen) atoms. The third kappa shape index (κ3) is 2.27. The third-order valence-corrected chi connectivity index (χ3v) is 2.98. The van der Waals surface area contributed by atoms with Crippen LogP contribution >= 0.6 is 11.6 Å². The molecule has 0 saturated carbocycles. The first-order chi connectivity index (χ1) is 7.23. The minimum absolute atomic E-state index is 0.0171. The van der Waals surface area contributed by atoms with Crippen molar-refractivity contribution in [3.63, 3.8) is 0 Å². The van der Waals surface area contributed by atoms with Gasteiger partial charge in [0.05, 0.1) is 6.54 Å². The second kappa shape index (κ2) is 4.41. The SMILES string of the molecule is CO[C@]1(C(F)(F)F)CCN(C(=O)[C@@H](C)Cl)C1. The molecule has 3 nitrogen and oxygen atoms in total. The maximum atomic E-state index is 12.8. The summed E-state index contributed by atoms with van der Waals surface area (Å²) in [6, 6.07) is 0. The van der Waals surface area contributed by atoms with E-state index in [1.54, 1.807) is 0 Å². The van der Waals surface area contributed by atoms with E-state index in [9.17, 15) is 18.0 Å². The van der Waals surface area contributed by atoms with Crippen LogP contribution in [0.5, 0.6) is 0 Å². The van der Waals surface area contributed by atoms with Gasteiger partial charge < -0.3 is 9.64 Å². The number of hydrogen-bond donors (Lipinski definition) is 0. The Morgan fingerprint density at radius 1 is 1.56 bits per heavy atom. The van der Waals surface area contributed by atoms with Crippen LogP contribution in [0, 0.1) is 0 Å². The van der Waals surface area contributed by atoms with Gasteiger partial charge >= 0.3 is 6.18 Å². The molecule has 1 fully saturated rings. The van der Waals surface area contributed by atoms with Gasteiger partial charge in [-0.1, -0.05) is 0 Å². The quantitative estimate of drug-likeness (QED) is 0.708. The smallest absolute Gasteiger partial charge is 0.367 e. The Hall–Kier alpha value is -0.490. The summed E-state index contributed by atoms with van der Waals surface area (Å²) in [6.07, 6.45) is -4.73. The molecule has 1 heterocycles. The molecule has 1 amide bonds. The van der Waals surface area contributed by atoms with E-state index in [1.807, 2.05) is 0 Å². The van der Waals surface area contributed by atoms with Gasteiger partial charge in [-0.25, -0.2) is 0 Å². The van der Waals surface area contributed by atoms with Crippen LogP contribution in [-0.2, 0) is 9.53 Å². The van der Waals surface area contributed by atoms with E-state index in [1.165, 1.54) is 6.92 Å². The number of carbonyl (C=O) groups is 1. The summed E-state index contributed by atoms with van der Waals surface area (Å²) in [5, 5.41) is -0.819. The van der Waals surface area contributed by atoms with Gasteiger partial charge in [0.2, 0.25) is 5.91 Å². The number of nitrogens with zero attached hydrogens (tertiary/aromatic N) is 1. The van der Waals surface area contributed by atoms with Gasteiger partial charge in [0, 0.05) is 20.1 Å². The van der Waals surface area contributed by atoms with Crippen LogP contribution in [0.1, 0.15) is 13.3 Å². The highest BCUT2D eigenvalue weighted by Gasteiger charge is 2.59. The molecule has 1 aliphatic rings. The summed E-state index contributed by atoms with van der Waals surface area (Å²) in [5.41, 5.74) is -2.24. The van der Waals surface area contributed by atoms with Crippen molar-refractivity contribution >= 4 is 17.5 Å². The van der Waals surface area contributed by atoms with Crippen molar-refractivity contribution in [2.24, 2.45) is 0 Å². The Labute approximate surface area is 96.5 Å². The second-order valence-electron chi connectivity index (χ2n) is 3.82. The van der Waals surface area contributed by atoms with Gasteiger partial charge in [0.1, 0.15) is 5.38 Å². The fraction of sp³-hybridized carbons (Fsp3) is 0.889. The number of rotatable bonds is 2. The first-order valence-corrected chi connectivity index (χ1v) is 5.22. The van der Waals surface area contributed by atoms with Gasteiger partial charge in [-0.2, -0.15) is 13.2 Å². The van der Waals surface area contributed by atoms with Gasteiger partial charge in [-0.05, 0) is 6.92 Å². The number of amides is 1. The van der Waals surface area contributed by atoms with Crippen LogP contribution in [-0.4, -0.2) is 48.2 Å². The molecule has 0 bridgehead atoms. The molecule has 0 aromatic rings. The first kappa shape index (κ1) is 13.6. The average Bonchev–Trinajstić information content (AvgIpc) is 2.60. The van der Waals surface area contributed by atoms with E-state index in [0.717, 1.165) is 12.0 Å². The lowest BCUT2D eigenvalue weighted by Crippen LogP contribution is -2.50. The maximum absolute atomic E-state index is 12.8. The number of halogens is 4. The van der Waals surface area contributed by atoms with Crippen LogP contribution in [0.4, 0.5) is 13.2 Å². The average molecular weight is 260 g/mol. The summed E-state index contributed by atoms with van der Waals surface area (Å²) in [5.74, 6) is -0.496. The molecular formula is C9H13ClF3NO2. The van der Waals surface area contributed by atoms with E-state index < -0.39 is 29.6 Å². The Bertz CT molecular complexity index is 282. The minimum Gasteiger partial charge on any atom is -0.367 e. The zero-order chi connectivity index (χ0) is 12.6. The topological polar surface area (TPSA) is 29.5 Å². The molecule has 0 aromatic carbocycles. The van der Waals surface area contributed by atoms with E-state index in [-0.39, 0.29) is 13.0 Å². The summed E-state index contributed by atoms with van der Waals surface area (Å²) >= 11 is 5.55. The fourth-order valence-electron chi connectivity index (χ4n) is 1.74. The number of methoxy groups -OCH3 is 1. The van der Waals surface area contributed by atoms with E-state index in [0.29, 0.717) is 0 Å². The Morgan fingerprint density at radius 2 is 2.12 bits per heavy atom. The predicted molar refractivity (Wildman–Crippen MR) is 52.3 cm³/mol. The molecule has 1 aliphatic heterocycles. The molecule has 1 saturated heterocycles. The lowest BCUT2D eigenvalue weighted by Gasteiger charge is -2.30. The van der Waals surface area contributed by atoms with Gasteiger partial charge in [-0.15, -0.1) is 11.6 Å². The van der Waals surface area contributed by atoms with Crippen LogP contribution in [0.2, 0.25) is 0 Å². The lowest BCUT2D eigenvalue weighted by molar-refractivity contribution is -0.263. The summed E-state index contributed by atoms with van der Waals surface area (Å²) < 4.78 is 42.8. The minimum atomic E-state index is -4.48. The highest BCUT2D eigenvalue weighted by Crippen LogP contribution is 2.40. The van der Waals surface area contributed by atoms with Crippen molar-refractivity contribution in [1.82, 2.24) is 4.90 Å². The van der Waals surface area contributed by atoms with Crippen LogP contribution in [0.25, 0.3) is 0 Å². The molecule has 0 aliphatic carbocycles. The predicted octanol–water partition coefficient (Wildman–Crippen LogP) is 1.79. The highest BCUT2D eigenvalue weighted by atomic mass is 35.5. The number of carbonyl (C=O) groups excluding carboxylic acids is 1. The van der Waals surface area contributed by atoms with Crippen molar-refractivity contribution in [2.45, 2.75) is 30.5 Å². The number of likely N-dealkylation sites (tertiary alicyclic amines) is 1. The Kier molecular flexibility index (Phi) is 3.74. The zero-order valence-electron chi connectivity index (χ0n) is 8.97. The third-order valence-electron chi connectivity index (χ3n) is 2.79. The molecule has 1 rings (SSSR count). The number of alkyl halides is 4. The first-order valence-electron chi connectivity index (χ1n) is 4.78. The summed E-state index contributed by atoms with van der Waals surface area (Å²) in [4.78, 5) is 12.5. The van der Waals surface area contributed by atoms with Crippen molar-refractivity contribution < 1.29 is 22.7 Å². The van der Waals surface area contributed by atoms with E-state index >= 15 is 0 Å². The largest absolute Gasteiger partial charge is 0.419 e. The Morgan fingerprint density at radius 3 is 2.44 bits per heavy atom. The zero-order valence-corrected chi connectivity index (χ0v) is 9.73. The number of ether oxygens (including phenoxy) is 1. The normalized spacial score (nSPS) is 28.2. The van der Waals surface area contributed by atoms with E-state index in [2.05, 4.69) is 4.74 Å². The molecule has 0 unspecified atom stereocenters. The molecule has 7 heteroatoms. The molecule has 0 radical (unpaired) electrons. The molecule has 2 atom stereocenters. The van der Waals surface area contributed by atoms with Crippen molar-refractivity contribution in [2.75, 3.05) is 20.2 Å². The highest BCUT2D eigenvalue weighted by molar-refractivity contribution is 6.30. The van der Waals surface area contributed by atoms with Gasteiger partial charge in [0.15, 0.2) is 5.60 Å². The summed E-state index contributed by atoms with van der Waals surface area (Å²) in [6.45, 7) is 0.969. The molecular weight excluding hydrogens is 247 g/mol.